The lowest BCUT2D eigenvalue weighted by atomic mass is 9.89. The third-order valence-electron chi connectivity index (χ3n) is 6.30. The summed E-state index contributed by atoms with van der Waals surface area (Å²) in [6.45, 7) is 3.22. The average Bonchev–Trinajstić information content (AvgIpc) is 3.24. The Kier molecular flexibility index (Phi) is 6.78. The van der Waals surface area contributed by atoms with Gasteiger partial charge in [0.15, 0.2) is 0 Å². The van der Waals surface area contributed by atoms with Crippen molar-refractivity contribution in [2.45, 2.75) is 25.2 Å². The lowest BCUT2D eigenvalue weighted by molar-refractivity contribution is -0.133. The number of benzene rings is 2. The van der Waals surface area contributed by atoms with E-state index in [1.807, 2.05) is 23.1 Å². The molecular weight excluding hydrogens is 414 g/mol. The molecule has 2 aliphatic heterocycles. The molecule has 2 fully saturated rings. The number of carbonyl (C=O) groups excluding carboxylic acids is 2. The molecule has 7 heteroatoms. The molecule has 164 valence electrons. The molecule has 0 radical (unpaired) electrons. The number of aromatic hydroxyl groups is 1. The van der Waals surface area contributed by atoms with Gasteiger partial charge in [-0.05, 0) is 73.7 Å². The number of amides is 2. The Bertz CT molecular complexity index is 926. The van der Waals surface area contributed by atoms with E-state index in [1.54, 1.807) is 24.3 Å². The molecule has 2 aromatic carbocycles. The highest BCUT2D eigenvalue weighted by Gasteiger charge is 2.31. The fraction of sp³-hybridized carbons (Fsp3) is 0.417. The predicted octanol–water partition coefficient (Wildman–Crippen LogP) is 3.71. The number of hydrogen-bond donors (Lipinski definition) is 2. The van der Waals surface area contributed by atoms with E-state index in [0.29, 0.717) is 24.7 Å². The minimum Gasteiger partial charge on any atom is -0.508 e. The molecule has 2 aliphatic rings. The maximum absolute atomic E-state index is 12.8. The number of carbonyl (C=O) groups is 2. The van der Waals surface area contributed by atoms with Crippen molar-refractivity contribution in [2.24, 2.45) is 5.92 Å². The summed E-state index contributed by atoms with van der Waals surface area (Å²) in [6.07, 6.45) is 2.64. The van der Waals surface area contributed by atoms with E-state index in [4.69, 9.17) is 11.6 Å². The first kappa shape index (κ1) is 21.7. The summed E-state index contributed by atoms with van der Waals surface area (Å²) >= 11 is 6.12. The quantitative estimate of drug-likeness (QED) is 0.694. The Labute approximate surface area is 187 Å². The fourth-order valence-corrected chi connectivity index (χ4v) is 4.69. The zero-order chi connectivity index (χ0) is 21.8. The van der Waals surface area contributed by atoms with Crippen LogP contribution in [0, 0.1) is 5.92 Å². The zero-order valence-corrected chi connectivity index (χ0v) is 18.2. The second-order valence-corrected chi connectivity index (χ2v) is 8.90. The number of halogens is 1. The van der Waals surface area contributed by atoms with E-state index >= 15 is 0 Å². The van der Waals surface area contributed by atoms with E-state index in [9.17, 15) is 14.7 Å². The van der Waals surface area contributed by atoms with Crippen LogP contribution in [0.2, 0.25) is 5.02 Å². The molecule has 4 rings (SSSR count). The number of piperidine rings is 1. The topological polar surface area (TPSA) is 72.9 Å². The van der Waals surface area contributed by atoms with E-state index in [0.717, 1.165) is 43.9 Å². The average molecular weight is 442 g/mol. The predicted molar refractivity (Wildman–Crippen MR) is 121 cm³/mol. The van der Waals surface area contributed by atoms with Crippen molar-refractivity contribution in [3.63, 3.8) is 0 Å². The molecule has 2 amide bonds. The van der Waals surface area contributed by atoms with Gasteiger partial charge >= 0.3 is 0 Å². The Hall–Kier alpha value is -2.57. The lowest BCUT2D eigenvalue weighted by Gasteiger charge is -2.33. The molecule has 2 aromatic rings. The Morgan fingerprint density at radius 2 is 1.77 bits per heavy atom. The van der Waals surface area contributed by atoms with Crippen LogP contribution < -0.4 is 5.32 Å². The van der Waals surface area contributed by atoms with Gasteiger partial charge in [-0.3, -0.25) is 14.5 Å². The third-order valence-corrected chi connectivity index (χ3v) is 6.54. The molecular formula is C24H28ClN3O3. The number of anilines is 1. The maximum atomic E-state index is 12.8. The second kappa shape index (κ2) is 9.71. The fourth-order valence-electron chi connectivity index (χ4n) is 4.49. The monoisotopic (exact) mass is 441 g/mol. The number of likely N-dealkylation sites (tertiary alicyclic amines) is 2. The Morgan fingerprint density at radius 3 is 2.48 bits per heavy atom. The van der Waals surface area contributed by atoms with E-state index in [1.165, 1.54) is 5.56 Å². The number of rotatable bonds is 5. The molecule has 2 saturated heterocycles. The van der Waals surface area contributed by atoms with Gasteiger partial charge in [0.2, 0.25) is 11.8 Å². The van der Waals surface area contributed by atoms with Gasteiger partial charge in [0.25, 0.3) is 0 Å². The number of phenolic OH excluding ortho intramolecular Hbond substituents is 1. The molecule has 1 atom stereocenters. The number of nitrogens with one attached hydrogen (secondary N) is 1. The van der Waals surface area contributed by atoms with E-state index < -0.39 is 0 Å². The molecule has 2 heterocycles. The van der Waals surface area contributed by atoms with Gasteiger partial charge in [0.05, 0.1) is 12.5 Å². The number of hydrogen-bond acceptors (Lipinski definition) is 4. The van der Waals surface area contributed by atoms with Crippen LogP contribution >= 0.6 is 11.6 Å². The van der Waals surface area contributed by atoms with Crippen molar-refractivity contribution < 1.29 is 14.7 Å². The highest BCUT2D eigenvalue weighted by atomic mass is 35.5. The van der Waals surface area contributed by atoms with Crippen molar-refractivity contribution in [3.8, 4) is 5.75 Å². The first-order valence-electron chi connectivity index (χ1n) is 10.8. The van der Waals surface area contributed by atoms with Crippen molar-refractivity contribution in [1.82, 2.24) is 9.80 Å². The summed E-state index contributed by atoms with van der Waals surface area (Å²) in [7, 11) is 0. The highest BCUT2D eigenvalue weighted by molar-refractivity contribution is 6.30. The molecule has 6 nitrogen and oxygen atoms in total. The highest BCUT2D eigenvalue weighted by Crippen LogP contribution is 2.29. The molecule has 0 unspecified atom stereocenters. The van der Waals surface area contributed by atoms with Crippen LogP contribution in [0.1, 0.15) is 30.7 Å². The van der Waals surface area contributed by atoms with Crippen LogP contribution in [0.15, 0.2) is 48.5 Å². The second-order valence-electron chi connectivity index (χ2n) is 8.47. The maximum Gasteiger partial charge on any atom is 0.236 e. The SMILES string of the molecule is O=C(Nc1ccc(O)cc1)[C@@H]1CCN(CC(=O)N2CCC(c3cccc(Cl)c3)CC2)C1. The van der Waals surface area contributed by atoms with E-state index in [2.05, 4.69) is 16.3 Å². The minimum absolute atomic E-state index is 0.0389. The summed E-state index contributed by atoms with van der Waals surface area (Å²) in [5.41, 5.74) is 1.92. The smallest absolute Gasteiger partial charge is 0.236 e. The first-order chi connectivity index (χ1) is 15.0. The summed E-state index contributed by atoms with van der Waals surface area (Å²) in [5.74, 6) is 0.588. The van der Waals surface area contributed by atoms with Gasteiger partial charge in [0, 0.05) is 30.3 Å². The van der Waals surface area contributed by atoms with Crippen molar-refractivity contribution >= 4 is 29.1 Å². The largest absolute Gasteiger partial charge is 0.508 e. The summed E-state index contributed by atoms with van der Waals surface area (Å²) < 4.78 is 0. The zero-order valence-electron chi connectivity index (χ0n) is 17.5. The van der Waals surface area contributed by atoms with Crippen molar-refractivity contribution in [2.75, 3.05) is 38.0 Å². The summed E-state index contributed by atoms with van der Waals surface area (Å²) in [5, 5.41) is 13.0. The van der Waals surface area contributed by atoms with Gasteiger partial charge in [-0.15, -0.1) is 0 Å². The van der Waals surface area contributed by atoms with Crippen LogP contribution in [-0.4, -0.2) is 59.4 Å². The van der Waals surface area contributed by atoms with Gasteiger partial charge in [-0.25, -0.2) is 0 Å². The van der Waals surface area contributed by atoms with Gasteiger partial charge in [0.1, 0.15) is 5.75 Å². The minimum atomic E-state index is -0.129. The first-order valence-corrected chi connectivity index (χ1v) is 11.2. The van der Waals surface area contributed by atoms with Crippen molar-refractivity contribution in [3.05, 3.63) is 59.1 Å². The van der Waals surface area contributed by atoms with Crippen molar-refractivity contribution in [1.29, 1.82) is 0 Å². The molecule has 0 saturated carbocycles. The molecule has 0 aromatic heterocycles. The van der Waals surface area contributed by atoms with Gasteiger partial charge in [-0.1, -0.05) is 23.7 Å². The molecule has 2 N–H and O–H groups in total. The van der Waals surface area contributed by atoms with Gasteiger partial charge in [-0.2, -0.15) is 0 Å². The Balaban J connectivity index is 1.22. The van der Waals surface area contributed by atoms with Crippen LogP contribution in [-0.2, 0) is 9.59 Å². The van der Waals surface area contributed by atoms with E-state index in [-0.39, 0.29) is 23.5 Å². The van der Waals surface area contributed by atoms with Crippen LogP contribution in [0.25, 0.3) is 0 Å². The number of nitrogens with zero attached hydrogens (tertiary/aromatic N) is 2. The molecule has 0 aliphatic carbocycles. The molecule has 0 spiro atoms. The summed E-state index contributed by atoms with van der Waals surface area (Å²) in [4.78, 5) is 29.3. The molecule has 0 bridgehead atoms. The lowest BCUT2D eigenvalue weighted by Crippen LogP contribution is -2.43. The number of phenols is 1. The van der Waals surface area contributed by atoms with Crippen LogP contribution in [0.4, 0.5) is 5.69 Å². The van der Waals surface area contributed by atoms with Gasteiger partial charge < -0.3 is 15.3 Å². The normalized spacial score (nSPS) is 20.0. The standard InChI is InChI=1S/C24H28ClN3O3/c25-20-3-1-2-18(14-20)17-9-12-28(13-10-17)23(30)16-27-11-8-19(15-27)24(31)26-21-4-6-22(29)7-5-21/h1-7,14,17,19,29H,8-13,15-16H2,(H,26,31)/t19-/m1/s1. The third kappa shape index (κ3) is 5.57. The van der Waals surface area contributed by atoms with Crippen LogP contribution in [0.3, 0.4) is 0 Å². The van der Waals surface area contributed by atoms with Crippen LogP contribution in [0.5, 0.6) is 5.75 Å². The molecule has 31 heavy (non-hydrogen) atoms. The summed E-state index contributed by atoms with van der Waals surface area (Å²) in [6, 6.07) is 14.5. The Morgan fingerprint density at radius 1 is 1.03 bits per heavy atom.